The summed E-state index contributed by atoms with van der Waals surface area (Å²) in [4.78, 5) is 12.0. The highest BCUT2D eigenvalue weighted by molar-refractivity contribution is 5.62. The summed E-state index contributed by atoms with van der Waals surface area (Å²) >= 11 is 0. The fourth-order valence-electron chi connectivity index (χ4n) is 2.35. The Morgan fingerprint density at radius 3 is 2.19 bits per heavy atom. The Morgan fingerprint density at radius 1 is 0.810 bits per heavy atom. The maximum absolute atomic E-state index is 12.0. The first-order valence-electron chi connectivity index (χ1n) is 7.04. The van der Waals surface area contributed by atoms with Gasteiger partial charge in [0.2, 0.25) is 0 Å². The van der Waals surface area contributed by atoms with Crippen LogP contribution in [0.3, 0.4) is 0 Å². The number of nitrogens with zero attached hydrogens (tertiary/aromatic N) is 1. The van der Waals surface area contributed by atoms with Gasteiger partial charge in [-0.15, -0.1) is 0 Å². The molecule has 3 aromatic rings. The molecule has 0 fully saturated rings. The second-order valence-electron chi connectivity index (χ2n) is 5.24. The predicted molar refractivity (Wildman–Crippen MR) is 86.4 cm³/mol. The van der Waals surface area contributed by atoms with Crippen LogP contribution in [0, 0.1) is 6.92 Å². The number of aromatic nitrogens is 1. The summed E-state index contributed by atoms with van der Waals surface area (Å²) in [6, 6.07) is 21.9. The summed E-state index contributed by atoms with van der Waals surface area (Å²) in [7, 11) is 0. The van der Waals surface area contributed by atoms with Crippen LogP contribution in [-0.2, 0) is 6.54 Å². The SMILES string of the molecule is Cc1ccc(-c2ccc(=O)n(Cc3ccccc3)c2)cc1. The van der Waals surface area contributed by atoms with Gasteiger partial charge in [0.1, 0.15) is 0 Å². The molecule has 0 unspecified atom stereocenters. The van der Waals surface area contributed by atoms with Crippen LogP contribution in [0.4, 0.5) is 0 Å². The lowest BCUT2D eigenvalue weighted by Crippen LogP contribution is -2.19. The lowest BCUT2D eigenvalue weighted by molar-refractivity contribution is 0.761. The molecule has 0 N–H and O–H groups in total. The average molecular weight is 275 g/mol. The van der Waals surface area contributed by atoms with Crippen molar-refractivity contribution in [2.75, 3.05) is 0 Å². The molecular formula is C19H17NO. The van der Waals surface area contributed by atoms with E-state index in [4.69, 9.17) is 0 Å². The number of hydrogen-bond acceptors (Lipinski definition) is 1. The fourth-order valence-corrected chi connectivity index (χ4v) is 2.35. The van der Waals surface area contributed by atoms with Crippen LogP contribution in [0.15, 0.2) is 77.7 Å². The molecule has 2 nitrogen and oxygen atoms in total. The normalized spacial score (nSPS) is 10.5. The minimum Gasteiger partial charge on any atom is -0.310 e. The maximum atomic E-state index is 12.0. The zero-order chi connectivity index (χ0) is 14.7. The van der Waals surface area contributed by atoms with Crippen LogP contribution < -0.4 is 5.56 Å². The summed E-state index contributed by atoms with van der Waals surface area (Å²) in [6.07, 6.45) is 1.93. The third-order valence-electron chi connectivity index (χ3n) is 3.56. The topological polar surface area (TPSA) is 22.0 Å². The van der Waals surface area contributed by atoms with Crippen molar-refractivity contribution in [1.29, 1.82) is 0 Å². The summed E-state index contributed by atoms with van der Waals surface area (Å²) in [5.74, 6) is 0. The second-order valence-corrected chi connectivity index (χ2v) is 5.24. The van der Waals surface area contributed by atoms with Gasteiger partial charge < -0.3 is 4.57 Å². The molecule has 0 aliphatic carbocycles. The highest BCUT2D eigenvalue weighted by Crippen LogP contribution is 2.18. The molecule has 0 atom stereocenters. The lowest BCUT2D eigenvalue weighted by atomic mass is 10.1. The van der Waals surface area contributed by atoms with Gasteiger partial charge in [-0.2, -0.15) is 0 Å². The van der Waals surface area contributed by atoms with E-state index in [1.54, 1.807) is 10.6 Å². The second kappa shape index (κ2) is 5.80. The molecule has 0 spiro atoms. The first-order chi connectivity index (χ1) is 10.2. The Hall–Kier alpha value is -2.61. The monoisotopic (exact) mass is 275 g/mol. The Morgan fingerprint density at radius 2 is 1.48 bits per heavy atom. The first-order valence-corrected chi connectivity index (χ1v) is 7.04. The first kappa shape index (κ1) is 13.4. The minimum atomic E-state index is 0.0229. The fraction of sp³-hybridized carbons (Fsp3) is 0.105. The van der Waals surface area contributed by atoms with E-state index in [0.29, 0.717) is 6.54 Å². The smallest absolute Gasteiger partial charge is 0.250 e. The molecule has 2 aromatic carbocycles. The van der Waals surface area contributed by atoms with Crippen LogP contribution in [0.25, 0.3) is 11.1 Å². The average Bonchev–Trinajstić information content (AvgIpc) is 2.51. The Bertz CT molecular complexity index is 786. The van der Waals surface area contributed by atoms with Crippen molar-refractivity contribution < 1.29 is 0 Å². The Balaban J connectivity index is 1.96. The van der Waals surface area contributed by atoms with E-state index in [-0.39, 0.29) is 5.56 Å². The van der Waals surface area contributed by atoms with Crippen molar-refractivity contribution in [3.05, 3.63) is 94.4 Å². The largest absolute Gasteiger partial charge is 0.310 e. The van der Waals surface area contributed by atoms with Crippen LogP contribution in [0.1, 0.15) is 11.1 Å². The van der Waals surface area contributed by atoms with E-state index in [1.165, 1.54) is 5.56 Å². The van der Waals surface area contributed by atoms with Crippen LogP contribution in [0.2, 0.25) is 0 Å². The van der Waals surface area contributed by atoms with Crippen molar-refractivity contribution in [2.24, 2.45) is 0 Å². The molecule has 0 saturated heterocycles. The minimum absolute atomic E-state index is 0.0229. The van der Waals surface area contributed by atoms with Crippen molar-refractivity contribution in [1.82, 2.24) is 4.57 Å². The summed E-state index contributed by atoms with van der Waals surface area (Å²) in [5, 5.41) is 0. The molecule has 21 heavy (non-hydrogen) atoms. The van der Waals surface area contributed by atoms with Crippen molar-refractivity contribution >= 4 is 0 Å². The summed E-state index contributed by atoms with van der Waals surface area (Å²) in [6.45, 7) is 2.67. The van der Waals surface area contributed by atoms with Gasteiger partial charge >= 0.3 is 0 Å². The van der Waals surface area contributed by atoms with Gasteiger partial charge in [-0.25, -0.2) is 0 Å². The molecule has 1 aromatic heterocycles. The molecule has 1 heterocycles. The van der Waals surface area contributed by atoms with Gasteiger partial charge in [0, 0.05) is 12.3 Å². The van der Waals surface area contributed by atoms with E-state index in [0.717, 1.165) is 16.7 Å². The van der Waals surface area contributed by atoms with E-state index in [1.807, 2.05) is 42.6 Å². The number of rotatable bonds is 3. The van der Waals surface area contributed by atoms with Gasteiger partial charge in [-0.3, -0.25) is 4.79 Å². The molecule has 2 heteroatoms. The molecular weight excluding hydrogens is 258 g/mol. The number of hydrogen-bond donors (Lipinski definition) is 0. The molecule has 0 aliphatic rings. The van der Waals surface area contributed by atoms with Gasteiger partial charge in [-0.05, 0) is 29.7 Å². The number of aryl methyl sites for hydroxylation is 1. The van der Waals surface area contributed by atoms with E-state index in [2.05, 4.69) is 31.2 Å². The van der Waals surface area contributed by atoms with Crippen LogP contribution in [-0.4, -0.2) is 4.57 Å². The number of pyridine rings is 1. The Labute approximate surface area is 124 Å². The highest BCUT2D eigenvalue weighted by Gasteiger charge is 2.02. The standard InChI is InChI=1S/C19H17NO/c1-15-7-9-17(10-8-15)18-11-12-19(21)20(14-18)13-16-5-3-2-4-6-16/h2-12,14H,13H2,1H3. The maximum Gasteiger partial charge on any atom is 0.250 e. The third-order valence-corrected chi connectivity index (χ3v) is 3.56. The van der Waals surface area contributed by atoms with Crippen LogP contribution in [0.5, 0.6) is 0 Å². The summed E-state index contributed by atoms with van der Waals surface area (Å²) < 4.78 is 1.75. The molecule has 0 amide bonds. The Kier molecular flexibility index (Phi) is 3.69. The number of benzene rings is 2. The highest BCUT2D eigenvalue weighted by atomic mass is 16.1. The third kappa shape index (κ3) is 3.11. The summed E-state index contributed by atoms with van der Waals surface area (Å²) in [5.41, 5.74) is 4.57. The van der Waals surface area contributed by atoms with Crippen molar-refractivity contribution in [3.63, 3.8) is 0 Å². The zero-order valence-electron chi connectivity index (χ0n) is 12.0. The van der Waals surface area contributed by atoms with E-state index >= 15 is 0 Å². The molecule has 104 valence electrons. The van der Waals surface area contributed by atoms with Crippen molar-refractivity contribution in [3.8, 4) is 11.1 Å². The van der Waals surface area contributed by atoms with Gasteiger partial charge in [-0.1, -0.05) is 60.2 Å². The van der Waals surface area contributed by atoms with Crippen LogP contribution >= 0.6 is 0 Å². The zero-order valence-corrected chi connectivity index (χ0v) is 12.0. The van der Waals surface area contributed by atoms with Crippen molar-refractivity contribution in [2.45, 2.75) is 13.5 Å². The molecule has 0 saturated carbocycles. The molecule has 0 radical (unpaired) electrons. The van der Waals surface area contributed by atoms with Gasteiger partial charge in [0.05, 0.1) is 6.54 Å². The lowest BCUT2D eigenvalue weighted by Gasteiger charge is -2.09. The van der Waals surface area contributed by atoms with E-state index < -0.39 is 0 Å². The molecule has 0 bridgehead atoms. The van der Waals surface area contributed by atoms with E-state index in [9.17, 15) is 4.79 Å². The predicted octanol–water partition coefficient (Wildman–Crippen LogP) is 3.87. The van der Waals surface area contributed by atoms with Gasteiger partial charge in [0.25, 0.3) is 5.56 Å². The van der Waals surface area contributed by atoms with Gasteiger partial charge in [0.15, 0.2) is 0 Å². The molecule has 0 aliphatic heterocycles. The quantitative estimate of drug-likeness (QED) is 0.711. The molecule has 3 rings (SSSR count).